The van der Waals surface area contributed by atoms with Gasteiger partial charge in [-0.15, -0.1) is 0 Å². The Balaban J connectivity index is 2.01. The Morgan fingerprint density at radius 1 is 1.05 bits per heavy atom. The smallest absolute Gasteiger partial charge is 0.393 e. The van der Waals surface area contributed by atoms with Crippen LogP contribution in [0.1, 0.15) is 106 Å². The lowest BCUT2D eigenvalue weighted by Crippen LogP contribution is -2.55. The van der Waals surface area contributed by atoms with Crippen LogP contribution in [0.5, 0.6) is 0 Å². The zero-order valence-electron chi connectivity index (χ0n) is 30.6. The molecule has 6 atom stereocenters. The van der Waals surface area contributed by atoms with Crippen LogP contribution in [0, 0.1) is 22.7 Å². The molecule has 0 aromatic rings. The number of aliphatic hydroxyl groups excluding tert-OH is 1. The minimum absolute atomic E-state index is 0.0401. The lowest BCUT2D eigenvalue weighted by Gasteiger charge is -2.49. The molecule has 0 unspecified atom stereocenters. The molecule has 3 fully saturated rings. The lowest BCUT2D eigenvalue weighted by molar-refractivity contribution is -0.347. The van der Waals surface area contributed by atoms with Crippen molar-refractivity contribution >= 4 is 0 Å². The van der Waals surface area contributed by atoms with Gasteiger partial charge in [0.25, 0.3) is 5.60 Å². The quantitative estimate of drug-likeness (QED) is 0.176. The summed E-state index contributed by atoms with van der Waals surface area (Å²) < 4.78 is 141. The number of hydrogen-bond acceptors (Lipinski definition) is 3. The fourth-order valence-electron chi connectivity index (χ4n) is 7.83. The van der Waals surface area contributed by atoms with E-state index < -0.39 is 73.2 Å². The van der Waals surface area contributed by atoms with E-state index in [-0.39, 0.29) is 49.2 Å². The SMILES string of the molecule is [2H]C([2H])([2H])C(O)(CCC[C@](C)(C/C=C/C(O)(C(F)(F)F)C(F)(F)F)[C@H]1CC[C@H]2/C(=C/C=C3/C[C@@H](O)C[C@H](F)C3=C)CCC[C@]12C)C([2H])([2H])[2H]. The predicted molar refractivity (Wildman–Crippen MR) is 153 cm³/mol. The molecular weight excluding hydrogens is 577 g/mol. The van der Waals surface area contributed by atoms with Crippen molar-refractivity contribution in [1.29, 1.82) is 0 Å². The normalized spacial score (nSPS) is 35.6. The topological polar surface area (TPSA) is 60.7 Å². The summed E-state index contributed by atoms with van der Waals surface area (Å²) in [7, 11) is 0. The molecule has 0 aromatic heterocycles. The van der Waals surface area contributed by atoms with Crippen LogP contribution in [0.4, 0.5) is 30.7 Å². The zero-order valence-corrected chi connectivity index (χ0v) is 24.6. The fourth-order valence-corrected chi connectivity index (χ4v) is 7.83. The van der Waals surface area contributed by atoms with E-state index in [2.05, 4.69) is 6.58 Å². The maximum Gasteiger partial charge on any atom is 0.429 e. The first-order valence-corrected chi connectivity index (χ1v) is 14.7. The van der Waals surface area contributed by atoms with E-state index in [1.165, 1.54) is 0 Å². The molecule has 3 aliphatic rings. The Bertz CT molecular complexity index is 1280. The van der Waals surface area contributed by atoms with Gasteiger partial charge in [-0.1, -0.05) is 50.6 Å². The Kier molecular flexibility index (Phi) is 8.12. The van der Waals surface area contributed by atoms with E-state index in [9.17, 15) is 46.1 Å². The minimum atomic E-state index is -6.07. The largest absolute Gasteiger partial charge is 0.429 e. The van der Waals surface area contributed by atoms with Crippen molar-refractivity contribution in [3.8, 4) is 0 Å². The van der Waals surface area contributed by atoms with Crippen LogP contribution in [0.3, 0.4) is 0 Å². The molecule has 3 nitrogen and oxygen atoms in total. The summed E-state index contributed by atoms with van der Waals surface area (Å²) >= 11 is 0. The Morgan fingerprint density at radius 2 is 1.70 bits per heavy atom. The summed E-state index contributed by atoms with van der Waals surface area (Å²) in [5.41, 5.74) is -7.99. The van der Waals surface area contributed by atoms with Gasteiger partial charge in [-0.25, -0.2) is 4.39 Å². The van der Waals surface area contributed by atoms with Crippen LogP contribution in [-0.4, -0.2) is 51.1 Å². The first kappa shape index (κ1) is 27.6. The molecule has 0 spiro atoms. The van der Waals surface area contributed by atoms with Crippen molar-refractivity contribution in [1.82, 2.24) is 0 Å². The number of fused-ring (bicyclic) bond motifs is 1. The van der Waals surface area contributed by atoms with Gasteiger partial charge in [0.15, 0.2) is 0 Å². The first-order chi connectivity index (χ1) is 22.0. The molecule has 10 heteroatoms. The number of allylic oxidation sites excluding steroid dienone is 5. The molecular formula is C33H47F7O3. The highest BCUT2D eigenvalue weighted by Crippen LogP contribution is 2.64. The van der Waals surface area contributed by atoms with Gasteiger partial charge in [-0.2, -0.15) is 26.3 Å². The van der Waals surface area contributed by atoms with Crippen LogP contribution in [0.2, 0.25) is 0 Å². The molecule has 3 aliphatic carbocycles. The van der Waals surface area contributed by atoms with Gasteiger partial charge >= 0.3 is 12.4 Å². The lowest BCUT2D eigenvalue weighted by atomic mass is 9.55. The molecule has 0 aliphatic heterocycles. The maximum atomic E-state index is 14.4. The highest BCUT2D eigenvalue weighted by Gasteiger charge is 2.69. The average Bonchev–Trinajstić information content (AvgIpc) is 3.29. The third kappa shape index (κ3) is 7.78. The summed E-state index contributed by atoms with van der Waals surface area (Å²) in [4.78, 5) is 0. The summed E-state index contributed by atoms with van der Waals surface area (Å²) in [6, 6.07) is 0. The number of rotatable bonds is 9. The molecule has 0 heterocycles. The van der Waals surface area contributed by atoms with Crippen molar-refractivity contribution in [2.45, 2.75) is 134 Å². The van der Waals surface area contributed by atoms with Crippen LogP contribution >= 0.6 is 0 Å². The Labute approximate surface area is 259 Å². The Hall–Kier alpha value is -1.65. The van der Waals surface area contributed by atoms with Crippen LogP contribution in [-0.2, 0) is 0 Å². The minimum Gasteiger partial charge on any atom is -0.393 e. The number of hydrogen-bond donors (Lipinski definition) is 3. The predicted octanol–water partition coefficient (Wildman–Crippen LogP) is 8.85. The van der Waals surface area contributed by atoms with Gasteiger partial charge in [0.2, 0.25) is 0 Å². The molecule has 43 heavy (non-hydrogen) atoms. The van der Waals surface area contributed by atoms with E-state index in [4.69, 9.17) is 8.22 Å². The fraction of sp³-hybridized carbons (Fsp3) is 0.758. The number of halogens is 7. The highest BCUT2D eigenvalue weighted by molar-refractivity contribution is 5.39. The van der Waals surface area contributed by atoms with Gasteiger partial charge < -0.3 is 15.3 Å². The first-order valence-electron chi connectivity index (χ1n) is 17.7. The van der Waals surface area contributed by atoms with Gasteiger partial charge in [-0.05, 0) is 111 Å². The van der Waals surface area contributed by atoms with E-state index in [0.717, 1.165) is 5.57 Å². The summed E-state index contributed by atoms with van der Waals surface area (Å²) in [6.45, 7) is 0.827. The van der Waals surface area contributed by atoms with E-state index in [1.54, 1.807) is 13.0 Å². The van der Waals surface area contributed by atoms with Crippen molar-refractivity contribution < 1.29 is 54.3 Å². The maximum absolute atomic E-state index is 14.4. The molecule has 0 amide bonds. The van der Waals surface area contributed by atoms with Crippen LogP contribution < -0.4 is 0 Å². The van der Waals surface area contributed by atoms with Gasteiger partial charge in [0, 0.05) is 14.6 Å². The molecule has 0 radical (unpaired) electrons. The summed E-state index contributed by atoms with van der Waals surface area (Å²) in [6.07, 6.45) is -8.51. The second-order valence-electron chi connectivity index (χ2n) is 13.3. The van der Waals surface area contributed by atoms with E-state index in [1.807, 2.05) is 13.0 Å². The van der Waals surface area contributed by atoms with Crippen LogP contribution in [0.15, 0.2) is 47.6 Å². The van der Waals surface area contributed by atoms with Crippen molar-refractivity contribution in [2.75, 3.05) is 0 Å². The van der Waals surface area contributed by atoms with Gasteiger partial charge in [0.05, 0.1) is 11.7 Å². The molecule has 246 valence electrons. The second-order valence-corrected chi connectivity index (χ2v) is 13.3. The average molecular weight is 631 g/mol. The van der Waals surface area contributed by atoms with Crippen molar-refractivity contribution in [2.24, 2.45) is 22.7 Å². The van der Waals surface area contributed by atoms with Crippen molar-refractivity contribution in [3.63, 3.8) is 0 Å². The Morgan fingerprint density at radius 3 is 2.30 bits per heavy atom. The third-order valence-electron chi connectivity index (χ3n) is 10.1. The number of alkyl halides is 7. The summed E-state index contributed by atoms with van der Waals surface area (Å²) in [5.74, 6) is -0.426. The molecule has 0 bridgehead atoms. The summed E-state index contributed by atoms with van der Waals surface area (Å²) in [5, 5.41) is 30.6. The van der Waals surface area contributed by atoms with E-state index >= 15 is 0 Å². The molecule has 0 saturated heterocycles. The van der Waals surface area contributed by atoms with Gasteiger partial charge in [-0.3, -0.25) is 0 Å². The molecule has 3 saturated carbocycles. The second kappa shape index (κ2) is 12.6. The van der Waals surface area contributed by atoms with Crippen LogP contribution in [0.25, 0.3) is 0 Å². The number of aliphatic hydroxyl groups is 3. The zero-order chi connectivity index (χ0) is 37.6. The molecule has 3 rings (SSSR count). The van der Waals surface area contributed by atoms with E-state index in [0.29, 0.717) is 43.8 Å². The van der Waals surface area contributed by atoms with Gasteiger partial charge in [0.1, 0.15) is 6.17 Å². The standard InChI is InChI=1S/C33H47F7O3/c1-21-23(19-24(41)20-26(21)34)11-10-22-9-6-17-30(5)25(22)12-13-27(30)29(4,15-7-14-28(2,3)42)16-8-18-31(43,32(35,36)37)33(38,39)40/h8,10-11,18,24-27,41-43H,1,6-7,9,12-17,19-20H2,2-5H3/b18-8+,22-10+,23-11-/t24-,25+,26+,27-,29-,30+/m1/s1/i2D3,3D3. The monoisotopic (exact) mass is 630 g/mol. The highest BCUT2D eigenvalue weighted by atomic mass is 19.4. The third-order valence-corrected chi connectivity index (χ3v) is 10.1. The molecule has 0 aromatic carbocycles. The van der Waals surface area contributed by atoms with Crippen molar-refractivity contribution in [3.05, 3.63) is 47.6 Å². The molecule has 3 N–H and O–H groups in total.